The molecule has 0 saturated carbocycles. The van der Waals surface area contributed by atoms with Crippen LogP contribution in [0.15, 0.2) is 46.4 Å². The summed E-state index contributed by atoms with van der Waals surface area (Å²) in [4.78, 5) is 12.3. The predicted molar refractivity (Wildman–Crippen MR) is 105 cm³/mol. The van der Waals surface area contributed by atoms with Gasteiger partial charge in [-0.05, 0) is 24.3 Å². The minimum absolute atomic E-state index is 0.101. The molecule has 2 heterocycles. The summed E-state index contributed by atoms with van der Waals surface area (Å²) in [7, 11) is 0. The van der Waals surface area contributed by atoms with Crippen LogP contribution >= 0.6 is 22.9 Å². The Bertz CT molecular complexity index is 1050. The zero-order valence-electron chi connectivity index (χ0n) is 14.6. The summed E-state index contributed by atoms with van der Waals surface area (Å²) in [5.74, 6) is 0.567. The zero-order valence-corrected chi connectivity index (χ0v) is 16.1. The zero-order chi connectivity index (χ0) is 19.4. The summed E-state index contributed by atoms with van der Waals surface area (Å²) >= 11 is 7.44. The number of hydrogen-bond donors (Lipinski definition) is 1. The Kier molecular flexibility index (Phi) is 5.69. The predicted octanol–water partition coefficient (Wildman–Crippen LogP) is 5.12. The first kappa shape index (κ1) is 18.8. The molecule has 3 rings (SSSR count). The molecule has 3 aromatic rings. The number of aromatic nitrogens is 2. The highest BCUT2D eigenvalue weighted by atomic mass is 35.5. The minimum Gasteiger partial charge on any atom is -0.457 e. The number of halogens is 1. The smallest absolute Gasteiger partial charge is 0.268 e. The summed E-state index contributed by atoms with van der Waals surface area (Å²) in [5.41, 5.74) is 0.633. The number of carbonyl (C=O) groups is 1. The first-order chi connectivity index (χ1) is 13.0. The number of nitrogens with one attached hydrogen (secondary N) is 1. The number of hydrogen-bond acceptors (Lipinski definition) is 6. The molecule has 1 N–H and O–H groups in total. The maximum Gasteiger partial charge on any atom is 0.268 e. The van der Waals surface area contributed by atoms with Gasteiger partial charge < -0.3 is 4.42 Å². The van der Waals surface area contributed by atoms with Crippen molar-refractivity contribution in [2.24, 2.45) is 0 Å². The Balaban J connectivity index is 1.79. The summed E-state index contributed by atoms with van der Waals surface area (Å²) in [6, 6.07) is 12.5. The van der Waals surface area contributed by atoms with Gasteiger partial charge in [0.05, 0.1) is 5.02 Å². The first-order valence-electron chi connectivity index (χ1n) is 8.09. The maximum absolute atomic E-state index is 12.3. The van der Waals surface area contributed by atoms with Crippen molar-refractivity contribution in [1.82, 2.24) is 10.2 Å². The van der Waals surface area contributed by atoms with Crippen molar-refractivity contribution in [1.29, 1.82) is 5.26 Å². The van der Waals surface area contributed by atoms with Crippen LogP contribution in [-0.2, 0) is 4.79 Å². The molecule has 27 heavy (non-hydrogen) atoms. The van der Waals surface area contributed by atoms with Crippen molar-refractivity contribution in [2.45, 2.75) is 19.8 Å². The number of carbonyl (C=O) groups excluding carboxylic acids is 1. The third kappa shape index (κ3) is 4.42. The van der Waals surface area contributed by atoms with Crippen LogP contribution in [0.3, 0.4) is 0 Å². The van der Waals surface area contributed by atoms with Crippen LogP contribution in [0.4, 0.5) is 5.13 Å². The Morgan fingerprint density at radius 3 is 2.74 bits per heavy atom. The topological polar surface area (TPSA) is 91.8 Å². The Labute approximate surface area is 165 Å². The number of amides is 1. The normalized spacial score (nSPS) is 11.4. The van der Waals surface area contributed by atoms with Gasteiger partial charge in [0, 0.05) is 17.6 Å². The number of anilines is 1. The van der Waals surface area contributed by atoms with Gasteiger partial charge in [-0.25, -0.2) is 0 Å². The third-order valence-electron chi connectivity index (χ3n) is 3.57. The molecule has 136 valence electrons. The van der Waals surface area contributed by atoms with E-state index in [1.807, 2.05) is 38.1 Å². The van der Waals surface area contributed by atoms with Crippen molar-refractivity contribution in [3.05, 3.63) is 57.8 Å². The fraction of sp³-hybridized carbons (Fsp3) is 0.158. The fourth-order valence-electron chi connectivity index (χ4n) is 2.21. The molecular weight excluding hydrogens is 384 g/mol. The maximum atomic E-state index is 12.3. The van der Waals surface area contributed by atoms with E-state index in [0.29, 0.717) is 21.7 Å². The van der Waals surface area contributed by atoms with Gasteiger partial charge >= 0.3 is 0 Å². The van der Waals surface area contributed by atoms with E-state index in [4.69, 9.17) is 16.0 Å². The van der Waals surface area contributed by atoms with E-state index >= 15 is 0 Å². The quantitative estimate of drug-likeness (QED) is 0.475. The monoisotopic (exact) mass is 398 g/mol. The largest absolute Gasteiger partial charge is 0.457 e. The highest BCUT2D eigenvalue weighted by Gasteiger charge is 2.15. The molecule has 6 nitrogen and oxygen atoms in total. The Morgan fingerprint density at radius 1 is 1.30 bits per heavy atom. The second-order valence-electron chi connectivity index (χ2n) is 5.91. The van der Waals surface area contributed by atoms with Gasteiger partial charge in [0.25, 0.3) is 5.91 Å². The van der Waals surface area contributed by atoms with Crippen molar-refractivity contribution in [2.75, 3.05) is 5.32 Å². The van der Waals surface area contributed by atoms with E-state index in [1.54, 1.807) is 18.2 Å². The molecule has 0 aliphatic heterocycles. The summed E-state index contributed by atoms with van der Waals surface area (Å²) in [6.45, 7) is 3.97. The second kappa shape index (κ2) is 8.16. The van der Waals surface area contributed by atoms with E-state index < -0.39 is 5.91 Å². The molecular formula is C19H15ClN4O2S. The molecule has 0 bridgehead atoms. The highest BCUT2D eigenvalue weighted by Crippen LogP contribution is 2.29. The molecule has 0 radical (unpaired) electrons. The van der Waals surface area contributed by atoms with Crippen molar-refractivity contribution in [3.63, 3.8) is 0 Å². The first-order valence-corrected chi connectivity index (χ1v) is 9.28. The average Bonchev–Trinajstić information content (AvgIpc) is 3.29. The van der Waals surface area contributed by atoms with E-state index in [-0.39, 0.29) is 11.5 Å². The van der Waals surface area contributed by atoms with E-state index in [0.717, 1.165) is 10.6 Å². The van der Waals surface area contributed by atoms with Crippen molar-refractivity contribution < 1.29 is 9.21 Å². The fourth-order valence-corrected chi connectivity index (χ4v) is 3.18. The lowest BCUT2D eigenvalue weighted by Gasteiger charge is -2.00. The van der Waals surface area contributed by atoms with Crippen LogP contribution in [0.1, 0.15) is 30.5 Å². The lowest BCUT2D eigenvalue weighted by Crippen LogP contribution is -2.13. The van der Waals surface area contributed by atoms with Crippen LogP contribution < -0.4 is 5.32 Å². The minimum atomic E-state index is -0.570. The highest BCUT2D eigenvalue weighted by molar-refractivity contribution is 7.15. The van der Waals surface area contributed by atoms with Crippen LogP contribution in [0.2, 0.25) is 5.02 Å². The van der Waals surface area contributed by atoms with Gasteiger partial charge in [-0.15, -0.1) is 10.2 Å². The van der Waals surface area contributed by atoms with Crippen LogP contribution in [0.5, 0.6) is 0 Å². The molecule has 0 saturated heterocycles. The molecule has 0 aliphatic rings. The molecule has 0 unspecified atom stereocenters. The molecule has 0 aliphatic carbocycles. The average molecular weight is 399 g/mol. The molecule has 1 aromatic carbocycles. The lowest BCUT2D eigenvalue weighted by molar-refractivity contribution is -0.112. The molecule has 2 aromatic heterocycles. The summed E-state index contributed by atoms with van der Waals surface area (Å²) in [5, 5.41) is 21.5. The Hall–Kier alpha value is -2.95. The van der Waals surface area contributed by atoms with Gasteiger partial charge in [0.1, 0.15) is 28.2 Å². The van der Waals surface area contributed by atoms with Crippen molar-refractivity contribution in [3.8, 4) is 17.4 Å². The third-order valence-corrected chi connectivity index (χ3v) is 5.04. The van der Waals surface area contributed by atoms with Gasteiger partial charge in [-0.1, -0.05) is 48.9 Å². The number of nitrogens with zero attached hydrogens (tertiary/aromatic N) is 3. The van der Waals surface area contributed by atoms with Crippen LogP contribution in [-0.4, -0.2) is 16.1 Å². The van der Waals surface area contributed by atoms with Gasteiger partial charge in [0.2, 0.25) is 5.13 Å². The number of furan rings is 1. The molecule has 8 heteroatoms. The molecule has 0 atom stereocenters. The van der Waals surface area contributed by atoms with Gasteiger partial charge in [-0.2, -0.15) is 5.26 Å². The van der Waals surface area contributed by atoms with E-state index in [2.05, 4.69) is 15.5 Å². The SMILES string of the molecule is CC(C)c1nnc(NC(=O)/C(C#N)=C\c2ccc(-c3ccccc3Cl)o2)s1. The summed E-state index contributed by atoms with van der Waals surface area (Å²) < 4.78 is 5.70. The van der Waals surface area contributed by atoms with E-state index in [1.165, 1.54) is 17.4 Å². The number of benzene rings is 1. The van der Waals surface area contributed by atoms with Crippen LogP contribution in [0, 0.1) is 11.3 Å². The Morgan fingerprint density at radius 2 is 2.07 bits per heavy atom. The van der Waals surface area contributed by atoms with Gasteiger partial charge in [0.15, 0.2) is 0 Å². The lowest BCUT2D eigenvalue weighted by atomic mass is 10.2. The molecule has 1 amide bonds. The standard InChI is InChI=1S/C19H15ClN4O2S/c1-11(2)18-23-24-19(27-18)22-17(25)12(10-21)9-13-7-8-16(26-13)14-5-3-4-6-15(14)20/h3-9,11H,1-2H3,(H,22,24,25)/b12-9-. The number of rotatable bonds is 5. The molecule has 0 spiro atoms. The van der Waals surface area contributed by atoms with Crippen LogP contribution in [0.25, 0.3) is 17.4 Å². The van der Waals surface area contributed by atoms with Gasteiger partial charge in [-0.3, -0.25) is 10.1 Å². The summed E-state index contributed by atoms with van der Waals surface area (Å²) in [6.07, 6.45) is 1.38. The second-order valence-corrected chi connectivity index (χ2v) is 7.32. The van der Waals surface area contributed by atoms with Crippen molar-refractivity contribution >= 4 is 40.1 Å². The molecule has 0 fully saturated rings. The number of nitriles is 1. The van der Waals surface area contributed by atoms with E-state index in [9.17, 15) is 10.1 Å².